The van der Waals surface area contributed by atoms with Crippen LogP contribution < -0.4 is 0 Å². The minimum Gasteiger partial charge on any atom is -0.294 e. The van der Waals surface area contributed by atoms with Crippen LogP contribution in [0.1, 0.15) is 13.3 Å². The van der Waals surface area contributed by atoms with Crippen molar-refractivity contribution in [1.29, 1.82) is 0 Å². The number of rotatable bonds is 1. The summed E-state index contributed by atoms with van der Waals surface area (Å²) in [7, 11) is 0. The monoisotopic (exact) mass is 134 g/mol. The third-order valence-corrected chi connectivity index (χ3v) is 1.64. The molecule has 0 saturated heterocycles. The molecule has 1 aliphatic rings. The van der Waals surface area contributed by atoms with Crippen LogP contribution in [-0.2, 0) is 4.79 Å². The lowest BCUT2D eigenvalue weighted by Gasteiger charge is -2.06. The molecule has 10 heavy (non-hydrogen) atoms. The van der Waals surface area contributed by atoms with E-state index in [1.807, 2.05) is 13.0 Å². The van der Waals surface area contributed by atoms with Crippen LogP contribution in [0, 0.1) is 0 Å². The summed E-state index contributed by atoms with van der Waals surface area (Å²) in [5.41, 5.74) is 2.20. The zero-order chi connectivity index (χ0) is 7.56. The normalized spacial score (nSPS) is 17.9. The third-order valence-electron chi connectivity index (χ3n) is 1.64. The second-order valence-corrected chi connectivity index (χ2v) is 2.39. The van der Waals surface area contributed by atoms with Crippen LogP contribution in [0.4, 0.5) is 0 Å². The summed E-state index contributed by atoms with van der Waals surface area (Å²) < 4.78 is 0. The maximum atomic E-state index is 10.8. The fraction of sp³-hybridized carbons (Fsp3) is 0.222. The molecule has 0 atom stereocenters. The van der Waals surface area contributed by atoms with Crippen molar-refractivity contribution in [3.05, 3.63) is 36.0 Å². The van der Waals surface area contributed by atoms with Gasteiger partial charge in [-0.3, -0.25) is 4.79 Å². The van der Waals surface area contributed by atoms with E-state index >= 15 is 0 Å². The Morgan fingerprint density at radius 2 is 2.30 bits per heavy atom. The summed E-state index contributed by atoms with van der Waals surface area (Å²) in [4.78, 5) is 10.8. The maximum absolute atomic E-state index is 10.8. The molecule has 0 radical (unpaired) electrons. The van der Waals surface area contributed by atoms with Gasteiger partial charge in [0.1, 0.15) is 0 Å². The Labute approximate surface area is 60.7 Å². The lowest BCUT2D eigenvalue weighted by molar-refractivity contribution is -0.114. The first-order chi connectivity index (χ1) is 4.74. The van der Waals surface area contributed by atoms with E-state index in [-0.39, 0.29) is 5.78 Å². The van der Waals surface area contributed by atoms with E-state index in [0.717, 1.165) is 11.1 Å². The highest BCUT2D eigenvalue weighted by Gasteiger charge is 2.06. The zero-order valence-corrected chi connectivity index (χ0v) is 6.05. The smallest absolute Gasteiger partial charge is 0.160 e. The van der Waals surface area contributed by atoms with Crippen LogP contribution in [0.25, 0.3) is 0 Å². The SMILES string of the molecule is C=CC1=C(C)C=CC(=O)C1. The first kappa shape index (κ1) is 7.00. The van der Waals surface area contributed by atoms with Crippen molar-refractivity contribution < 1.29 is 4.79 Å². The molecule has 0 heterocycles. The van der Waals surface area contributed by atoms with Crippen LogP contribution in [-0.4, -0.2) is 5.78 Å². The highest BCUT2D eigenvalue weighted by molar-refractivity contribution is 5.94. The molecule has 0 bridgehead atoms. The average molecular weight is 134 g/mol. The summed E-state index contributed by atoms with van der Waals surface area (Å²) in [6, 6.07) is 0. The van der Waals surface area contributed by atoms with E-state index in [4.69, 9.17) is 0 Å². The van der Waals surface area contributed by atoms with Crippen molar-refractivity contribution in [3.8, 4) is 0 Å². The number of carbonyl (C=O) groups is 1. The molecule has 0 N–H and O–H groups in total. The molecular formula is C9H10O. The molecule has 0 fully saturated rings. The van der Waals surface area contributed by atoms with Gasteiger partial charge in [0.15, 0.2) is 5.78 Å². The fourth-order valence-electron chi connectivity index (χ4n) is 0.944. The molecule has 52 valence electrons. The summed E-state index contributed by atoms with van der Waals surface area (Å²) >= 11 is 0. The lowest BCUT2D eigenvalue weighted by Crippen LogP contribution is -2.00. The Bertz CT molecular complexity index is 231. The van der Waals surface area contributed by atoms with E-state index in [1.54, 1.807) is 12.2 Å². The molecule has 1 heteroatoms. The van der Waals surface area contributed by atoms with Crippen molar-refractivity contribution >= 4 is 5.78 Å². The molecule has 0 aromatic carbocycles. The predicted octanol–water partition coefficient (Wildman–Crippen LogP) is 2.02. The Morgan fingerprint density at radius 3 is 2.80 bits per heavy atom. The summed E-state index contributed by atoms with van der Waals surface area (Å²) in [5.74, 6) is 0.167. The van der Waals surface area contributed by atoms with Crippen LogP contribution in [0.2, 0.25) is 0 Å². The molecule has 0 spiro atoms. The van der Waals surface area contributed by atoms with Crippen molar-refractivity contribution in [2.24, 2.45) is 0 Å². The van der Waals surface area contributed by atoms with Gasteiger partial charge in [0.2, 0.25) is 0 Å². The number of hydrogen-bond donors (Lipinski definition) is 0. The molecule has 0 aliphatic heterocycles. The molecule has 1 nitrogen and oxygen atoms in total. The van der Waals surface area contributed by atoms with E-state index < -0.39 is 0 Å². The van der Waals surface area contributed by atoms with Gasteiger partial charge in [-0.15, -0.1) is 0 Å². The van der Waals surface area contributed by atoms with Gasteiger partial charge in [-0.05, 0) is 24.1 Å². The van der Waals surface area contributed by atoms with Gasteiger partial charge in [-0.25, -0.2) is 0 Å². The third kappa shape index (κ3) is 1.24. The number of carbonyl (C=O) groups excluding carboxylic acids is 1. The Morgan fingerprint density at radius 1 is 1.60 bits per heavy atom. The Kier molecular flexibility index (Phi) is 1.86. The molecule has 0 amide bonds. The molecule has 0 aromatic rings. The van der Waals surface area contributed by atoms with Gasteiger partial charge in [0.25, 0.3) is 0 Å². The molecule has 1 aliphatic carbocycles. The zero-order valence-electron chi connectivity index (χ0n) is 6.05. The van der Waals surface area contributed by atoms with E-state index in [2.05, 4.69) is 6.58 Å². The van der Waals surface area contributed by atoms with Gasteiger partial charge >= 0.3 is 0 Å². The minimum absolute atomic E-state index is 0.167. The number of hydrogen-bond acceptors (Lipinski definition) is 1. The summed E-state index contributed by atoms with van der Waals surface area (Å²) in [6.07, 6.45) is 5.72. The van der Waals surface area contributed by atoms with Crippen LogP contribution in [0.5, 0.6) is 0 Å². The van der Waals surface area contributed by atoms with Gasteiger partial charge < -0.3 is 0 Å². The molecule has 0 aromatic heterocycles. The van der Waals surface area contributed by atoms with Crippen LogP contribution in [0.15, 0.2) is 36.0 Å². The quantitative estimate of drug-likeness (QED) is 0.536. The van der Waals surface area contributed by atoms with Gasteiger partial charge in [-0.2, -0.15) is 0 Å². The Hall–Kier alpha value is -1.11. The number of allylic oxidation sites excluding steroid dienone is 5. The first-order valence-electron chi connectivity index (χ1n) is 3.27. The van der Waals surface area contributed by atoms with Crippen LogP contribution >= 0.6 is 0 Å². The topological polar surface area (TPSA) is 17.1 Å². The second-order valence-electron chi connectivity index (χ2n) is 2.39. The lowest BCUT2D eigenvalue weighted by atomic mass is 9.98. The molecule has 0 saturated carbocycles. The number of ketones is 1. The highest BCUT2D eigenvalue weighted by Crippen LogP contribution is 2.16. The van der Waals surface area contributed by atoms with Crippen molar-refractivity contribution in [2.45, 2.75) is 13.3 Å². The van der Waals surface area contributed by atoms with Crippen LogP contribution in [0.3, 0.4) is 0 Å². The van der Waals surface area contributed by atoms with Gasteiger partial charge in [0.05, 0.1) is 0 Å². The fourth-order valence-corrected chi connectivity index (χ4v) is 0.944. The largest absolute Gasteiger partial charge is 0.294 e. The Balaban J connectivity index is 2.94. The van der Waals surface area contributed by atoms with Crippen molar-refractivity contribution in [1.82, 2.24) is 0 Å². The molecular weight excluding hydrogens is 124 g/mol. The molecule has 1 rings (SSSR count). The maximum Gasteiger partial charge on any atom is 0.160 e. The van der Waals surface area contributed by atoms with Crippen molar-refractivity contribution in [3.63, 3.8) is 0 Å². The highest BCUT2D eigenvalue weighted by atomic mass is 16.1. The predicted molar refractivity (Wildman–Crippen MR) is 41.7 cm³/mol. The average Bonchev–Trinajstić information content (AvgIpc) is 1.94. The van der Waals surface area contributed by atoms with Gasteiger partial charge in [0, 0.05) is 6.42 Å². The standard InChI is InChI=1S/C9H10O/c1-3-8-6-9(10)5-4-7(8)2/h3-5H,1,6H2,2H3. The van der Waals surface area contributed by atoms with E-state index in [1.165, 1.54) is 0 Å². The summed E-state index contributed by atoms with van der Waals surface area (Å²) in [6.45, 7) is 5.61. The molecule has 0 unspecified atom stereocenters. The van der Waals surface area contributed by atoms with E-state index in [9.17, 15) is 4.79 Å². The first-order valence-corrected chi connectivity index (χ1v) is 3.27. The van der Waals surface area contributed by atoms with E-state index in [0.29, 0.717) is 6.42 Å². The van der Waals surface area contributed by atoms with Crippen molar-refractivity contribution in [2.75, 3.05) is 0 Å². The second kappa shape index (κ2) is 2.65. The van der Waals surface area contributed by atoms with Gasteiger partial charge in [-0.1, -0.05) is 18.7 Å². The summed E-state index contributed by atoms with van der Waals surface area (Å²) in [5, 5.41) is 0. The minimum atomic E-state index is 0.167.